The van der Waals surface area contributed by atoms with Crippen LogP contribution in [-0.2, 0) is 0 Å². The number of para-hydroxylation sites is 4. The van der Waals surface area contributed by atoms with Gasteiger partial charge in [0.15, 0.2) is 11.2 Å². The Kier molecular flexibility index (Phi) is 8.39. The highest BCUT2D eigenvalue weighted by molar-refractivity contribution is 6.24. The maximum absolute atomic E-state index is 11.0. The second-order valence-corrected chi connectivity index (χ2v) is 16.2. The Hall–Kier alpha value is -8.32. The molecule has 62 heavy (non-hydrogen) atoms. The van der Waals surface area contributed by atoms with Gasteiger partial charge in [0.2, 0.25) is 0 Å². The third-order valence-electron chi connectivity index (χ3n) is 12.4. The number of aryl methyl sites for hydroxylation is 4. The van der Waals surface area contributed by atoms with E-state index in [2.05, 4.69) is 195 Å². The van der Waals surface area contributed by atoms with Crippen LogP contribution in [0.5, 0.6) is 0 Å². The Bertz CT molecular complexity index is 3430. The molecule has 0 spiro atoms. The smallest absolute Gasteiger partial charge is 0.158 e. The number of nitriles is 2. The van der Waals surface area contributed by atoms with Gasteiger partial charge in [-0.05, 0) is 144 Å². The summed E-state index contributed by atoms with van der Waals surface area (Å²) in [6.45, 7) is 8.52. The molecule has 294 valence electrons. The van der Waals surface area contributed by atoms with Gasteiger partial charge in [-0.15, -0.1) is 0 Å². The van der Waals surface area contributed by atoms with Crippen molar-refractivity contribution in [3.8, 4) is 12.1 Å². The first-order chi connectivity index (χ1) is 30.3. The minimum atomic E-state index is 0.270. The van der Waals surface area contributed by atoms with Crippen LogP contribution in [-0.4, -0.2) is 0 Å². The molecule has 2 heterocycles. The summed E-state index contributed by atoms with van der Waals surface area (Å²) in [5.74, 6) is 0. The van der Waals surface area contributed by atoms with E-state index in [1.165, 1.54) is 0 Å². The van der Waals surface area contributed by atoms with Gasteiger partial charge in [-0.2, -0.15) is 10.5 Å². The molecule has 6 heteroatoms. The Balaban J connectivity index is 1.09. The third kappa shape index (κ3) is 5.62. The summed E-state index contributed by atoms with van der Waals surface area (Å²) in [6.07, 6.45) is 0. The average Bonchev–Trinajstić information content (AvgIpc) is 3.84. The van der Waals surface area contributed by atoms with Crippen LogP contribution < -0.4 is 9.80 Å². The van der Waals surface area contributed by atoms with Crippen molar-refractivity contribution in [3.63, 3.8) is 0 Å². The van der Waals surface area contributed by atoms with Crippen molar-refractivity contribution in [3.05, 3.63) is 191 Å². The number of nitrogens with zero attached hydrogens (tertiary/aromatic N) is 4. The van der Waals surface area contributed by atoms with Crippen molar-refractivity contribution in [1.29, 1.82) is 10.5 Å². The van der Waals surface area contributed by atoms with Crippen molar-refractivity contribution in [2.75, 3.05) is 9.80 Å². The fraction of sp³-hybridized carbons (Fsp3) is 0.0714. The lowest BCUT2D eigenvalue weighted by Gasteiger charge is -2.28. The van der Waals surface area contributed by atoms with E-state index in [-0.39, 0.29) is 5.56 Å². The van der Waals surface area contributed by atoms with Crippen LogP contribution in [0.3, 0.4) is 0 Å². The molecule has 0 fully saturated rings. The molecule has 6 nitrogen and oxygen atoms in total. The van der Waals surface area contributed by atoms with Crippen molar-refractivity contribution >= 4 is 99.5 Å². The average molecular weight is 799 g/mol. The van der Waals surface area contributed by atoms with Gasteiger partial charge in [-0.1, -0.05) is 84.9 Å². The number of rotatable bonds is 6. The van der Waals surface area contributed by atoms with E-state index >= 15 is 0 Å². The van der Waals surface area contributed by atoms with Gasteiger partial charge in [0.1, 0.15) is 28.9 Å². The second kappa shape index (κ2) is 14.2. The lowest BCUT2D eigenvalue weighted by molar-refractivity contribution is 0.654. The van der Waals surface area contributed by atoms with E-state index < -0.39 is 0 Å². The summed E-state index contributed by atoms with van der Waals surface area (Å²) in [5.41, 5.74) is 13.6. The molecule has 0 aliphatic carbocycles. The van der Waals surface area contributed by atoms with Crippen LogP contribution >= 0.6 is 0 Å². The van der Waals surface area contributed by atoms with Gasteiger partial charge in [-0.3, -0.25) is 0 Å². The highest BCUT2D eigenvalue weighted by atomic mass is 16.3. The van der Waals surface area contributed by atoms with Gasteiger partial charge in [0, 0.05) is 55.7 Å². The maximum atomic E-state index is 11.0. The number of furan rings is 2. The van der Waals surface area contributed by atoms with Crippen LogP contribution in [0.2, 0.25) is 0 Å². The first kappa shape index (κ1) is 36.7. The quantitative estimate of drug-likeness (QED) is 0.167. The topological polar surface area (TPSA) is 80.3 Å². The highest BCUT2D eigenvalue weighted by Gasteiger charge is 2.26. The molecule has 0 atom stereocenters. The number of hydrogen-bond acceptors (Lipinski definition) is 6. The molecular formula is C56H38N4O2. The van der Waals surface area contributed by atoms with Gasteiger partial charge in [0.05, 0.1) is 5.56 Å². The first-order valence-electron chi connectivity index (χ1n) is 20.7. The van der Waals surface area contributed by atoms with Gasteiger partial charge in [0.25, 0.3) is 0 Å². The Labute approximate surface area is 358 Å². The van der Waals surface area contributed by atoms with E-state index in [1.807, 2.05) is 12.1 Å². The molecule has 11 rings (SSSR count). The highest BCUT2D eigenvalue weighted by Crippen LogP contribution is 2.47. The van der Waals surface area contributed by atoms with E-state index in [4.69, 9.17) is 8.83 Å². The van der Waals surface area contributed by atoms with E-state index in [9.17, 15) is 10.5 Å². The van der Waals surface area contributed by atoms with Crippen molar-refractivity contribution in [2.24, 2.45) is 0 Å². The van der Waals surface area contributed by atoms with E-state index in [0.717, 1.165) is 88.7 Å². The summed E-state index contributed by atoms with van der Waals surface area (Å²) in [7, 11) is 0. The van der Waals surface area contributed by atoms with Gasteiger partial charge < -0.3 is 18.6 Å². The molecule has 0 radical (unpaired) electrons. The molecule has 0 amide bonds. The summed E-state index contributed by atoms with van der Waals surface area (Å²) >= 11 is 0. The van der Waals surface area contributed by atoms with Gasteiger partial charge >= 0.3 is 0 Å². The predicted octanol–water partition coefficient (Wildman–Crippen LogP) is 15.7. The zero-order chi connectivity index (χ0) is 42.2. The van der Waals surface area contributed by atoms with E-state index in [1.54, 1.807) is 0 Å². The number of anilines is 6. The van der Waals surface area contributed by atoms with Gasteiger partial charge in [-0.25, -0.2) is 0 Å². The second-order valence-electron chi connectivity index (χ2n) is 16.2. The minimum absolute atomic E-state index is 0.270. The SMILES string of the molecule is Cc1ccccc1N(c1ccc2cc3c(cc2c1)oc1c(C#N)c2oc4cc5cc(N(c6ccccc6C)c6ccccc6C)ccc5cc4c2c(C#N)c13)c1ccccc1C. The standard InChI is InChI=1S/C56H38N4O2/c1-33-13-5-9-17-47(33)59(48-18-10-6-14-34(48)2)41-23-21-37-27-43-51(29-39(37)25-41)61-55-46(32-58)56-54(45(31-57)53(43)55)44-28-38-22-24-42(26-40(38)30-52(44)62-56)60(49-19-11-7-15-35(49)3)50-20-12-8-16-36(50)4/h5-30H,1-4H3. The predicted molar refractivity (Wildman–Crippen MR) is 254 cm³/mol. The van der Waals surface area contributed by atoms with Crippen molar-refractivity contribution in [1.82, 2.24) is 0 Å². The van der Waals surface area contributed by atoms with Crippen molar-refractivity contribution < 1.29 is 8.83 Å². The summed E-state index contributed by atoms with van der Waals surface area (Å²) in [6, 6.07) is 59.6. The normalized spacial score (nSPS) is 11.5. The van der Waals surface area contributed by atoms with Crippen LogP contribution in [0, 0.1) is 50.4 Å². The van der Waals surface area contributed by atoms with Crippen LogP contribution in [0.1, 0.15) is 33.4 Å². The maximum Gasteiger partial charge on any atom is 0.158 e. The fourth-order valence-electron chi connectivity index (χ4n) is 9.30. The Morgan fingerprint density at radius 1 is 0.387 bits per heavy atom. The summed E-state index contributed by atoms with van der Waals surface area (Å²) in [4.78, 5) is 4.59. The molecule has 0 unspecified atom stereocenters. The molecule has 0 aliphatic heterocycles. The molecule has 0 aliphatic rings. The Morgan fingerprint density at radius 2 is 0.742 bits per heavy atom. The molecule has 0 bridgehead atoms. The summed E-state index contributed by atoms with van der Waals surface area (Å²) < 4.78 is 13.2. The number of benzene rings is 9. The fourth-order valence-corrected chi connectivity index (χ4v) is 9.30. The van der Waals surface area contributed by atoms with Crippen LogP contribution in [0.15, 0.2) is 167 Å². The molecule has 2 aromatic heterocycles. The molecule has 9 aromatic carbocycles. The number of hydrogen-bond donors (Lipinski definition) is 0. The monoisotopic (exact) mass is 798 g/mol. The molecule has 0 N–H and O–H groups in total. The minimum Gasteiger partial charge on any atom is -0.454 e. The van der Waals surface area contributed by atoms with Crippen LogP contribution in [0.25, 0.3) is 65.4 Å². The largest absolute Gasteiger partial charge is 0.454 e. The Morgan fingerprint density at radius 3 is 1.08 bits per heavy atom. The molecule has 11 aromatic rings. The molecule has 0 saturated carbocycles. The lowest BCUT2D eigenvalue weighted by atomic mass is 9.96. The zero-order valence-corrected chi connectivity index (χ0v) is 34.6. The zero-order valence-electron chi connectivity index (χ0n) is 34.6. The first-order valence-corrected chi connectivity index (χ1v) is 20.7. The number of fused-ring (bicyclic) bond motifs is 8. The van der Waals surface area contributed by atoms with E-state index in [0.29, 0.717) is 38.7 Å². The van der Waals surface area contributed by atoms with Crippen LogP contribution in [0.4, 0.5) is 34.1 Å². The molecule has 0 saturated heterocycles. The third-order valence-corrected chi connectivity index (χ3v) is 12.4. The summed E-state index contributed by atoms with van der Waals surface area (Å²) in [5, 5.41) is 28.5. The lowest BCUT2D eigenvalue weighted by Crippen LogP contribution is -2.12. The van der Waals surface area contributed by atoms with Crippen molar-refractivity contribution in [2.45, 2.75) is 27.7 Å². The molecular weight excluding hydrogens is 761 g/mol.